The maximum Gasteiger partial charge on any atom is 0.0562 e. The zero-order valence-electron chi connectivity index (χ0n) is 28.1. The smallest absolute Gasteiger partial charge is 0.0562 e. The fourth-order valence-corrected chi connectivity index (χ4v) is 10.5. The maximum absolute atomic E-state index is 2.51. The van der Waals surface area contributed by atoms with Crippen LogP contribution in [0.1, 0.15) is 11.5 Å². The third-order valence-corrected chi connectivity index (χ3v) is 12.7. The molecular weight excluding hydrogens is 651 g/mol. The first kappa shape index (κ1) is 28.5. The Bertz CT molecular complexity index is 3080. The van der Waals surface area contributed by atoms with Crippen LogP contribution in [0.25, 0.3) is 82.5 Å². The standard InChI is InChI=1S/C48H31N3S/c1-6-17-39-32(12-1)33-13-2-7-18-40(33)49(39)30-24-26-46-37(28-30)38-29-31(25-27-47(38)52-46)50-43-21-10-5-16-36(43)48-44(50)22-11-23-45(48)51-41-19-8-3-14-34(41)35-15-4-9-20-42(35)51/h1-29,37,46H. The number of hydrogen-bond donors (Lipinski definition) is 0. The zero-order chi connectivity index (χ0) is 33.9. The van der Waals surface area contributed by atoms with E-state index in [2.05, 4.69) is 190 Å². The summed E-state index contributed by atoms with van der Waals surface area (Å²) >= 11 is 1.99. The lowest BCUT2D eigenvalue weighted by Gasteiger charge is -2.21. The van der Waals surface area contributed by atoms with Gasteiger partial charge in [-0.15, -0.1) is 11.8 Å². The number of nitrogens with zero attached hydrogens (tertiary/aromatic N) is 3. The molecule has 1 aliphatic carbocycles. The molecule has 2 atom stereocenters. The highest BCUT2D eigenvalue weighted by atomic mass is 32.2. The van der Waals surface area contributed by atoms with E-state index in [9.17, 15) is 0 Å². The molecule has 0 N–H and O–H groups in total. The van der Waals surface area contributed by atoms with Gasteiger partial charge in [0.15, 0.2) is 0 Å². The molecule has 7 aromatic carbocycles. The molecule has 2 aliphatic rings. The summed E-state index contributed by atoms with van der Waals surface area (Å²) in [5, 5.41) is 8.05. The lowest BCUT2D eigenvalue weighted by atomic mass is 9.91. The largest absolute Gasteiger partial charge is 0.310 e. The van der Waals surface area contributed by atoms with Gasteiger partial charge in [-0.25, -0.2) is 0 Å². The summed E-state index contributed by atoms with van der Waals surface area (Å²) in [6.07, 6.45) is 7.27. The maximum atomic E-state index is 2.51. The summed E-state index contributed by atoms with van der Waals surface area (Å²) in [6, 6.07) is 58.0. The molecule has 1 aliphatic heterocycles. The Hall–Kier alpha value is -6.23. The van der Waals surface area contributed by atoms with Crippen molar-refractivity contribution in [1.29, 1.82) is 0 Å². The van der Waals surface area contributed by atoms with Crippen LogP contribution in [0.15, 0.2) is 181 Å². The summed E-state index contributed by atoms with van der Waals surface area (Å²) in [5.74, 6) is 0.279. The Morgan fingerprint density at radius 1 is 0.442 bits per heavy atom. The van der Waals surface area contributed by atoms with Crippen molar-refractivity contribution in [3.8, 4) is 11.4 Å². The van der Waals surface area contributed by atoms with E-state index in [1.165, 1.54) is 92.9 Å². The molecule has 10 aromatic rings. The van der Waals surface area contributed by atoms with E-state index >= 15 is 0 Å². The van der Waals surface area contributed by atoms with E-state index in [-0.39, 0.29) is 5.92 Å². The van der Waals surface area contributed by atoms with Crippen molar-refractivity contribution in [2.45, 2.75) is 16.1 Å². The number of aromatic nitrogens is 3. The van der Waals surface area contributed by atoms with Crippen molar-refractivity contribution < 1.29 is 0 Å². The monoisotopic (exact) mass is 681 g/mol. The molecular formula is C48H31N3S. The lowest BCUT2D eigenvalue weighted by Crippen LogP contribution is -2.11. The minimum Gasteiger partial charge on any atom is -0.310 e. The number of rotatable bonds is 3. The molecule has 0 radical (unpaired) electrons. The number of allylic oxidation sites excluding steroid dienone is 3. The van der Waals surface area contributed by atoms with Crippen molar-refractivity contribution in [3.05, 3.63) is 182 Å². The van der Waals surface area contributed by atoms with Crippen LogP contribution in [0, 0.1) is 0 Å². The minimum absolute atomic E-state index is 0.279. The Kier molecular flexibility index (Phi) is 5.83. The van der Waals surface area contributed by atoms with Gasteiger partial charge in [0.2, 0.25) is 0 Å². The molecule has 12 rings (SSSR count). The highest BCUT2D eigenvalue weighted by molar-refractivity contribution is 8.00. The van der Waals surface area contributed by atoms with Gasteiger partial charge in [0, 0.05) is 59.8 Å². The van der Waals surface area contributed by atoms with Crippen LogP contribution in [0.4, 0.5) is 0 Å². The topological polar surface area (TPSA) is 14.8 Å². The van der Waals surface area contributed by atoms with Gasteiger partial charge < -0.3 is 13.7 Å². The van der Waals surface area contributed by atoms with Crippen molar-refractivity contribution in [3.63, 3.8) is 0 Å². The molecule has 0 bridgehead atoms. The summed E-state index contributed by atoms with van der Waals surface area (Å²) in [6.45, 7) is 0. The van der Waals surface area contributed by atoms with E-state index in [1.54, 1.807) is 0 Å². The number of para-hydroxylation sites is 5. The first-order chi connectivity index (χ1) is 25.8. The number of thioether (sulfide) groups is 1. The second-order valence-electron chi connectivity index (χ2n) is 14.0. The SMILES string of the molecule is C1=CC2Sc3ccc(-n4c5ccccc5c5c(-n6c7ccccc7c7ccccc76)cccc54)cc3C2C=C1n1c2ccccc2c2ccccc21. The average molecular weight is 682 g/mol. The second kappa shape index (κ2) is 10.6. The first-order valence-electron chi connectivity index (χ1n) is 18.0. The second-order valence-corrected chi connectivity index (χ2v) is 15.3. The van der Waals surface area contributed by atoms with Crippen LogP contribution in [-0.4, -0.2) is 19.0 Å². The molecule has 244 valence electrons. The normalized spacial score (nSPS) is 16.8. The minimum atomic E-state index is 0.279. The van der Waals surface area contributed by atoms with Crippen LogP contribution < -0.4 is 0 Å². The lowest BCUT2D eigenvalue weighted by molar-refractivity contribution is 0.873. The van der Waals surface area contributed by atoms with Crippen LogP contribution in [-0.2, 0) is 0 Å². The molecule has 3 nitrogen and oxygen atoms in total. The third kappa shape index (κ3) is 3.82. The van der Waals surface area contributed by atoms with Crippen LogP contribution in [0.3, 0.4) is 0 Å². The van der Waals surface area contributed by atoms with E-state index in [4.69, 9.17) is 0 Å². The molecule has 0 saturated carbocycles. The molecule has 0 spiro atoms. The van der Waals surface area contributed by atoms with Crippen LogP contribution >= 0.6 is 11.8 Å². The number of hydrogen-bond acceptors (Lipinski definition) is 1. The molecule has 0 amide bonds. The molecule has 2 unspecified atom stereocenters. The summed E-state index contributed by atoms with van der Waals surface area (Å²) in [4.78, 5) is 1.37. The van der Waals surface area contributed by atoms with E-state index in [1.807, 2.05) is 11.8 Å². The van der Waals surface area contributed by atoms with Crippen LogP contribution in [0.2, 0.25) is 0 Å². The Morgan fingerprint density at radius 3 is 1.58 bits per heavy atom. The molecule has 4 heteroatoms. The predicted molar refractivity (Wildman–Crippen MR) is 220 cm³/mol. The van der Waals surface area contributed by atoms with Crippen molar-refractivity contribution in [1.82, 2.24) is 13.7 Å². The first-order valence-corrected chi connectivity index (χ1v) is 18.9. The number of fused-ring (bicyclic) bond motifs is 12. The fourth-order valence-electron chi connectivity index (χ4n) is 9.21. The Morgan fingerprint density at radius 2 is 0.962 bits per heavy atom. The molecule has 0 fully saturated rings. The molecule has 52 heavy (non-hydrogen) atoms. The molecule has 4 heterocycles. The van der Waals surface area contributed by atoms with Crippen LogP contribution in [0.5, 0.6) is 0 Å². The van der Waals surface area contributed by atoms with Crippen molar-refractivity contribution in [2.75, 3.05) is 0 Å². The molecule has 0 saturated heterocycles. The predicted octanol–water partition coefficient (Wildman–Crippen LogP) is 12.7. The van der Waals surface area contributed by atoms with Crippen molar-refractivity contribution in [2.24, 2.45) is 0 Å². The fraction of sp³-hybridized carbons (Fsp3) is 0.0417. The van der Waals surface area contributed by atoms with Gasteiger partial charge in [-0.2, -0.15) is 0 Å². The Labute approximate surface area is 304 Å². The highest BCUT2D eigenvalue weighted by Crippen LogP contribution is 2.51. The number of benzene rings is 7. The summed E-state index contributed by atoms with van der Waals surface area (Å²) in [5.41, 5.74) is 12.4. The van der Waals surface area contributed by atoms with Gasteiger partial charge in [-0.05, 0) is 72.3 Å². The summed E-state index contributed by atoms with van der Waals surface area (Å²) < 4.78 is 7.40. The zero-order valence-corrected chi connectivity index (χ0v) is 29.0. The van der Waals surface area contributed by atoms with Gasteiger partial charge in [-0.3, -0.25) is 0 Å². The van der Waals surface area contributed by atoms with Gasteiger partial charge in [0.05, 0.1) is 38.8 Å². The quantitative estimate of drug-likeness (QED) is 0.181. The van der Waals surface area contributed by atoms with E-state index in [0.29, 0.717) is 5.25 Å². The van der Waals surface area contributed by atoms with Gasteiger partial charge >= 0.3 is 0 Å². The average Bonchev–Trinajstić information content (AvgIpc) is 3.94. The Balaban J connectivity index is 1.06. The van der Waals surface area contributed by atoms with Gasteiger partial charge in [0.1, 0.15) is 0 Å². The highest BCUT2D eigenvalue weighted by Gasteiger charge is 2.34. The van der Waals surface area contributed by atoms with Gasteiger partial charge in [0.25, 0.3) is 0 Å². The molecule has 3 aromatic heterocycles. The summed E-state index contributed by atoms with van der Waals surface area (Å²) in [7, 11) is 0. The van der Waals surface area contributed by atoms with E-state index in [0.717, 1.165) is 0 Å². The van der Waals surface area contributed by atoms with Gasteiger partial charge in [-0.1, -0.05) is 109 Å². The van der Waals surface area contributed by atoms with Crippen molar-refractivity contribution >= 4 is 82.9 Å². The third-order valence-electron chi connectivity index (χ3n) is 11.4. The van der Waals surface area contributed by atoms with E-state index < -0.39 is 0 Å².